The van der Waals surface area contributed by atoms with Crippen molar-refractivity contribution < 1.29 is 0 Å². The van der Waals surface area contributed by atoms with Crippen molar-refractivity contribution in [2.24, 2.45) is 0 Å². The van der Waals surface area contributed by atoms with Gasteiger partial charge in [-0.1, -0.05) is 56.3 Å². The minimum Gasteiger partial charge on any atom is -0.256 e. The lowest BCUT2D eigenvalue weighted by Crippen LogP contribution is -2.22. The first-order valence-electron chi connectivity index (χ1n) is 9.39. The van der Waals surface area contributed by atoms with E-state index in [9.17, 15) is 0 Å². The van der Waals surface area contributed by atoms with Crippen molar-refractivity contribution in [3.8, 4) is 11.3 Å². The average Bonchev–Trinajstić information content (AvgIpc) is 3.18. The maximum Gasteiger partial charge on any atom is 0.153 e. The SMILES string of the molecule is CC(C)(c1ccc2ncccc2c1)c1cnc2ccc(-c3ccccc3)nn12. The average molecular weight is 364 g/mol. The largest absolute Gasteiger partial charge is 0.256 e. The molecule has 28 heavy (non-hydrogen) atoms. The summed E-state index contributed by atoms with van der Waals surface area (Å²) in [5.41, 5.74) is 5.90. The molecule has 2 aromatic carbocycles. The molecule has 5 aromatic rings. The van der Waals surface area contributed by atoms with Gasteiger partial charge in [-0.2, -0.15) is 5.10 Å². The van der Waals surface area contributed by atoms with Crippen LogP contribution in [0.5, 0.6) is 0 Å². The van der Waals surface area contributed by atoms with Crippen LogP contribution in [0.15, 0.2) is 85.2 Å². The molecule has 0 radical (unpaired) electrons. The zero-order valence-electron chi connectivity index (χ0n) is 15.9. The predicted octanol–water partition coefficient (Wildman–Crippen LogP) is 5.27. The van der Waals surface area contributed by atoms with Gasteiger partial charge < -0.3 is 0 Å². The third-order valence-electron chi connectivity index (χ3n) is 5.40. The minimum atomic E-state index is -0.258. The number of hydrogen-bond donors (Lipinski definition) is 0. The fourth-order valence-corrected chi connectivity index (χ4v) is 3.67. The Labute approximate surface area is 163 Å². The van der Waals surface area contributed by atoms with E-state index in [2.05, 4.69) is 60.2 Å². The summed E-state index contributed by atoms with van der Waals surface area (Å²) in [4.78, 5) is 9.03. The molecule has 4 heteroatoms. The molecule has 0 aliphatic carbocycles. The fraction of sp³-hybridized carbons (Fsp3) is 0.125. The Balaban J connectivity index is 1.66. The minimum absolute atomic E-state index is 0.258. The van der Waals surface area contributed by atoms with E-state index in [0.29, 0.717) is 0 Å². The van der Waals surface area contributed by atoms with Gasteiger partial charge in [-0.25, -0.2) is 9.50 Å². The third-order valence-corrected chi connectivity index (χ3v) is 5.40. The number of aromatic nitrogens is 4. The van der Waals surface area contributed by atoms with Crippen molar-refractivity contribution >= 4 is 16.6 Å². The summed E-state index contributed by atoms with van der Waals surface area (Å²) in [7, 11) is 0. The van der Waals surface area contributed by atoms with Gasteiger partial charge in [0.1, 0.15) is 0 Å². The van der Waals surface area contributed by atoms with E-state index in [-0.39, 0.29) is 5.41 Å². The highest BCUT2D eigenvalue weighted by Gasteiger charge is 2.28. The molecule has 3 aromatic heterocycles. The topological polar surface area (TPSA) is 43.1 Å². The van der Waals surface area contributed by atoms with E-state index in [1.807, 2.05) is 53.3 Å². The lowest BCUT2D eigenvalue weighted by molar-refractivity contribution is 0.595. The fourth-order valence-electron chi connectivity index (χ4n) is 3.67. The van der Waals surface area contributed by atoms with Crippen molar-refractivity contribution in [2.75, 3.05) is 0 Å². The molecule has 0 atom stereocenters. The summed E-state index contributed by atoms with van der Waals surface area (Å²) >= 11 is 0. The summed E-state index contributed by atoms with van der Waals surface area (Å²) in [6, 6.07) is 24.8. The number of benzene rings is 2. The van der Waals surface area contributed by atoms with Gasteiger partial charge in [0.05, 0.1) is 23.1 Å². The molecule has 0 amide bonds. The molecule has 0 N–H and O–H groups in total. The molecule has 5 rings (SSSR count). The highest BCUT2D eigenvalue weighted by atomic mass is 15.3. The van der Waals surface area contributed by atoms with Crippen LogP contribution in [0.25, 0.3) is 27.8 Å². The van der Waals surface area contributed by atoms with Gasteiger partial charge in [0, 0.05) is 22.6 Å². The van der Waals surface area contributed by atoms with Crippen LogP contribution in [0, 0.1) is 0 Å². The van der Waals surface area contributed by atoms with Crippen molar-refractivity contribution in [3.63, 3.8) is 0 Å². The first-order chi connectivity index (χ1) is 13.6. The third kappa shape index (κ3) is 2.65. The van der Waals surface area contributed by atoms with Crippen LogP contribution in [0.1, 0.15) is 25.1 Å². The second kappa shape index (κ2) is 6.27. The van der Waals surface area contributed by atoms with Gasteiger partial charge in [-0.05, 0) is 35.9 Å². The molecular weight excluding hydrogens is 344 g/mol. The standard InChI is InChI=1S/C24H20N4/c1-24(2,19-10-11-20-18(15-19)9-6-14-25-20)22-16-26-23-13-12-21(27-28(22)23)17-7-4-3-5-8-17/h3-16H,1-2H3. The number of imidazole rings is 1. The molecule has 4 nitrogen and oxygen atoms in total. The van der Waals surface area contributed by atoms with Crippen LogP contribution < -0.4 is 0 Å². The quantitative estimate of drug-likeness (QED) is 0.438. The monoisotopic (exact) mass is 364 g/mol. The van der Waals surface area contributed by atoms with Crippen molar-refractivity contribution in [3.05, 3.63) is 96.4 Å². The lowest BCUT2D eigenvalue weighted by atomic mass is 9.81. The highest BCUT2D eigenvalue weighted by Crippen LogP contribution is 2.33. The molecular formula is C24H20N4. The molecule has 0 aliphatic heterocycles. The molecule has 0 saturated carbocycles. The number of hydrogen-bond acceptors (Lipinski definition) is 3. The Hall–Kier alpha value is -3.53. The maximum absolute atomic E-state index is 4.90. The van der Waals surface area contributed by atoms with Crippen molar-refractivity contribution in [2.45, 2.75) is 19.3 Å². The highest BCUT2D eigenvalue weighted by molar-refractivity contribution is 5.79. The summed E-state index contributed by atoms with van der Waals surface area (Å²) in [6.45, 7) is 4.43. The van der Waals surface area contributed by atoms with Crippen molar-refractivity contribution in [1.29, 1.82) is 0 Å². The number of nitrogens with zero attached hydrogens (tertiary/aromatic N) is 4. The van der Waals surface area contributed by atoms with E-state index in [1.54, 1.807) is 0 Å². The number of rotatable bonds is 3. The van der Waals surface area contributed by atoms with Crippen LogP contribution in [-0.4, -0.2) is 19.6 Å². The zero-order chi connectivity index (χ0) is 19.1. The van der Waals surface area contributed by atoms with Gasteiger partial charge in [-0.15, -0.1) is 0 Å². The number of fused-ring (bicyclic) bond motifs is 2. The molecule has 3 heterocycles. The van der Waals surface area contributed by atoms with Crippen LogP contribution in [0.3, 0.4) is 0 Å². The molecule has 136 valence electrons. The van der Waals surface area contributed by atoms with E-state index in [1.165, 1.54) is 5.56 Å². The molecule has 0 spiro atoms. The second-order valence-electron chi connectivity index (χ2n) is 7.53. The summed E-state index contributed by atoms with van der Waals surface area (Å²) < 4.78 is 1.97. The predicted molar refractivity (Wildman–Crippen MR) is 112 cm³/mol. The van der Waals surface area contributed by atoms with Gasteiger partial charge in [0.25, 0.3) is 0 Å². The molecule has 0 aliphatic rings. The lowest BCUT2D eigenvalue weighted by Gasteiger charge is -2.25. The van der Waals surface area contributed by atoms with Crippen LogP contribution in [-0.2, 0) is 5.41 Å². The Bertz CT molecular complexity index is 1290. The van der Waals surface area contributed by atoms with Gasteiger partial charge in [-0.3, -0.25) is 4.98 Å². The molecule has 0 saturated heterocycles. The van der Waals surface area contributed by atoms with Crippen LogP contribution in [0.4, 0.5) is 0 Å². The number of pyridine rings is 1. The van der Waals surface area contributed by atoms with Gasteiger partial charge in [0.15, 0.2) is 5.65 Å². The first-order valence-corrected chi connectivity index (χ1v) is 9.39. The van der Waals surface area contributed by atoms with Gasteiger partial charge >= 0.3 is 0 Å². The first kappa shape index (κ1) is 16.6. The molecule has 0 unspecified atom stereocenters. The Morgan fingerprint density at radius 2 is 1.68 bits per heavy atom. The summed E-state index contributed by atoms with van der Waals surface area (Å²) in [5.74, 6) is 0. The maximum atomic E-state index is 4.90. The Morgan fingerprint density at radius 3 is 2.54 bits per heavy atom. The second-order valence-corrected chi connectivity index (χ2v) is 7.53. The van der Waals surface area contributed by atoms with Crippen LogP contribution in [0.2, 0.25) is 0 Å². The van der Waals surface area contributed by atoms with Crippen molar-refractivity contribution in [1.82, 2.24) is 19.6 Å². The summed E-state index contributed by atoms with van der Waals surface area (Å²) in [6.07, 6.45) is 3.76. The Kier molecular flexibility index (Phi) is 3.72. The smallest absolute Gasteiger partial charge is 0.153 e. The van der Waals surface area contributed by atoms with E-state index in [0.717, 1.165) is 33.5 Å². The van der Waals surface area contributed by atoms with E-state index in [4.69, 9.17) is 5.10 Å². The zero-order valence-corrected chi connectivity index (χ0v) is 15.9. The molecule has 0 fully saturated rings. The Morgan fingerprint density at radius 1 is 0.821 bits per heavy atom. The summed E-state index contributed by atoms with van der Waals surface area (Å²) in [5, 5.41) is 6.04. The molecule has 0 bridgehead atoms. The normalized spacial score (nSPS) is 11.9. The van der Waals surface area contributed by atoms with Crippen LogP contribution >= 0.6 is 0 Å². The van der Waals surface area contributed by atoms with E-state index < -0.39 is 0 Å². The van der Waals surface area contributed by atoms with Gasteiger partial charge in [0.2, 0.25) is 0 Å². The van der Waals surface area contributed by atoms with E-state index >= 15 is 0 Å².